The molecule has 0 aliphatic heterocycles. The molecule has 5 heteroatoms. The summed E-state index contributed by atoms with van der Waals surface area (Å²) in [7, 11) is 1.53. The Hall–Kier alpha value is -4.04. The number of esters is 1. The minimum absolute atomic E-state index is 0.241. The van der Waals surface area contributed by atoms with E-state index in [9.17, 15) is 10.1 Å². The molecule has 0 saturated heterocycles. The number of allylic oxidation sites excluding steroid dienone is 1. The van der Waals surface area contributed by atoms with Gasteiger partial charge in [-0.3, -0.25) is 0 Å². The van der Waals surface area contributed by atoms with Crippen molar-refractivity contribution in [1.29, 1.82) is 5.26 Å². The molecule has 0 radical (unpaired) electrons. The Labute approximate surface area is 169 Å². The number of para-hydroxylation sites is 2. The van der Waals surface area contributed by atoms with Gasteiger partial charge in [0.1, 0.15) is 5.75 Å². The predicted octanol–water partition coefficient (Wildman–Crippen LogP) is 4.74. The van der Waals surface area contributed by atoms with Gasteiger partial charge in [-0.05, 0) is 41.5 Å². The van der Waals surface area contributed by atoms with Crippen molar-refractivity contribution in [3.63, 3.8) is 0 Å². The van der Waals surface area contributed by atoms with Gasteiger partial charge < -0.3 is 14.2 Å². The van der Waals surface area contributed by atoms with Crippen molar-refractivity contribution in [1.82, 2.24) is 0 Å². The van der Waals surface area contributed by atoms with E-state index < -0.39 is 5.97 Å². The van der Waals surface area contributed by atoms with Gasteiger partial charge in [0.05, 0.1) is 18.8 Å². The zero-order valence-corrected chi connectivity index (χ0v) is 15.9. The zero-order chi connectivity index (χ0) is 20.5. The second kappa shape index (κ2) is 9.77. The lowest BCUT2D eigenvalue weighted by atomic mass is 10.0. The van der Waals surface area contributed by atoms with E-state index in [2.05, 4.69) is 6.07 Å². The summed E-state index contributed by atoms with van der Waals surface area (Å²) in [5.41, 5.74) is 2.23. The van der Waals surface area contributed by atoms with Crippen LogP contribution in [0.25, 0.3) is 11.6 Å². The molecule has 3 rings (SSSR count). The van der Waals surface area contributed by atoms with E-state index >= 15 is 0 Å². The Morgan fingerprint density at radius 3 is 2.24 bits per heavy atom. The van der Waals surface area contributed by atoms with Crippen LogP contribution in [0.5, 0.6) is 17.2 Å². The number of hydrogen-bond donors (Lipinski definition) is 0. The molecular weight excluding hydrogens is 366 g/mol. The van der Waals surface area contributed by atoms with E-state index in [4.69, 9.17) is 14.2 Å². The smallest absolute Gasteiger partial charge is 0.349 e. The van der Waals surface area contributed by atoms with Gasteiger partial charge in [-0.2, -0.15) is 5.26 Å². The number of benzene rings is 3. The first-order chi connectivity index (χ1) is 14.2. The first-order valence-corrected chi connectivity index (χ1v) is 8.93. The molecule has 0 amide bonds. The minimum atomic E-state index is -0.527. The fraction of sp³-hybridized carbons (Fsp3) is 0.0833. The third-order valence-electron chi connectivity index (χ3n) is 4.04. The molecule has 0 aromatic heterocycles. The van der Waals surface area contributed by atoms with Crippen LogP contribution < -0.4 is 14.2 Å². The van der Waals surface area contributed by atoms with E-state index in [1.165, 1.54) is 7.11 Å². The zero-order valence-electron chi connectivity index (χ0n) is 15.9. The van der Waals surface area contributed by atoms with E-state index in [0.717, 1.165) is 11.1 Å². The summed E-state index contributed by atoms with van der Waals surface area (Å²) < 4.78 is 15.9. The molecule has 5 nitrogen and oxygen atoms in total. The third kappa shape index (κ3) is 5.47. The van der Waals surface area contributed by atoms with Crippen molar-refractivity contribution < 1.29 is 19.0 Å². The van der Waals surface area contributed by atoms with Gasteiger partial charge in [0, 0.05) is 0 Å². The summed E-state index contributed by atoms with van der Waals surface area (Å²) in [5, 5.41) is 9.39. The van der Waals surface area contributed by atoms with E-state index in [1.54, 1.807) is 48.5 Å². The third-order valence-corrected chi connectivity index (χ3v) is 4.04. The minimum Gasteiger partial charge on any atom is -0.493 e. The van der Waals surface area contributed by atoms with Crippen molar-refractivity contribution in [2.24, 2.45) is 0 Å². The van der Waals surface area contributed by atoms with Crippen LogP contribution >= 0.6 is 0 Å². The number of methoxy groups -OCH3 is 1. The Bertz CT molecular complexity index is 1030. The predicted molar refractivity (Wildman–Crippen MR) is 110 cm³/mol. The van der Waals surface area contributed by atoms with Crippen molar-refractivity contribution in [2.45, 2.75) is 0 Å². The van der Waals surface area contributed by atoms with Gasteiger partial charge in [-0.1, -0.05) is 54.6 Å². The maximum Gasteiger partial charge on any atom is 0.349 e. The molecule has 144 valence electrons. The topological polar surface area (TPSA) is 68.6 Å². The molecule has 0 saturated carbocycles. The lowest BCUT2D eigenvalue weighted by molar-refractivity contribution is -0.136. The second-order valence-corrected chi connectivity index (χ2v) is 6.02. The number of hydrogen-bond acceptors (Lipinski definition) is 5. The van der Waals surface area contributed by atoms with Crippen LogP contribution in [0.2, 0.25) is 0 Å². The molecule has 0 unspecified atom stereocenters. The van der Waals surface area contributed by atoms with Crippen molar-refractivity contribution >= 4 is 17.6 Å². The Morgan fingerprint density at radius 1 is 0.931 bits per heavy atom. The SMILES string of the molecule is COc1ccccc1OCC(=O)Oc1ccc(/C=C(/C#N)c2ccccc2)cc1. The molecule has 0 bridgehead atoms. The quantitative estimate of drug-likeness (QED) is 0.254. The van der Waals surface area contributed by atoms with E-state index in [-0.39, 0.29) is 6.61 Å². The monoisotopic (exact) mass is 385 g/mol. The first kappa shape index (κ1) is 19.7. The number of ether oxygens (including phenoxy) is 3. The summed E-state index contributed by atoms with van der Waals surface area (Å²) in [6.45, 7) is -0.241. The fourth-order valence-electron chi connectivity index (χ4n) is 2.63. The molecule has 29 heavy (non-hydrogen) atoms. The summed E-state index contributed by atoms with van der Waals surface area (Å²) >= 11 is 0. The number of nitrogens with zero attached hydrogens (tertiary/aromatic N) is 1. The lowest BCUT2D eigenvalue weighted by Crippen LogP contribution is -2.17. The average molecular weight is 385 g/mol. The highest BCUT2D eigenvalue weighted by Gasteiger charge is 2.09. The summed E-state index contributed by atoms with van der Waals surface area (Å²) in [6.07, 6.45) is 1.78. The maximum atomic E-state index is 12.0. The molecule has 0 atom stereocenters. The van der Waals surface area contributed by atoms with Crippen LogP contribution in [-0.2, 0) is 4.79 Å². The maximum absolute atomic E-state index is 12.0. The van der Waals surface area contributed by atoms with Crippen molar-refractivity contribution in [3.8, 4) is 23.3 Å². The molecule has 0 aliphatic rings. The van der Waals surface area contributed by atoms with Crippen molar-refractivity contribution in [3.05, 3.63) is 90.0 Å². The van der Waals surface area contributed by atoms with Crippen LogP contribution in [0.1, 0.15) is 11.1 Å². The molecule has 0 N–H and O–H groups in total. The Balaban J connectivity index is 1.61. The molecule has 0 aliphatic carbocycles. The highest BCUT2D eigenvalue weighted by molar-refractivity contribution is 5.89. The fourth-order valence-corrected chi connectivity index (χ4v) is 2.63. The number of rotatable bonds is 7. The largest absolute Gasteiger partial charge is 0.493 e. The highest BCUT2D eigenvalue weighted by Crippen LogP contribution is 2.25. The van der Waals surface area contributed by atoms with Gasteiger partial charge in [0.25, 0.3) is 0 Å². The standard InChI is InChI=1S/C24H19NO4/c1-27-22-9-5-6-10-23(22)28-17-24(26)29-21-13-11-18(12-14-21)15-20(16-25)19-7-3-2-4-8-19/h2-15H,17H2,1H3/b20-15-. The molecule has 0 spiro atoms. The molecular formula is C24H19NO4. The van der Waals surface area contributed by atoms with Gasteiger partial charge >= 0.3 is 5.97 Å². The normalized spacial score (nSPS) is 10.7. The Morgan fingerprint density at radius 2 is 1.59 bits per heavy atom. The van der Waals surface area contributed by atoms with Crippen molar-refractivity contribution in [2.75, 3.05) is 13.7 Å². The van der Waals surface area contributed by atoms with Crippen LogP contribution in [-0.4, -0.2) is 19.7 Å². The average Bonchev–Trinajstić information content (AvgIpc) is 2.78. The Kier molecular flexibility index (Phi) is 6.64. The second-order valence-electron chi connectivity index (χ2n) is 6.02. The number of nitriles is 1. The summed E-state index contributed by atoms with van der Waals surface area (Å²) in [6, 6.07) is 25.6. The molecule has 0 heterocycles. The molecule has 0 fully saturated rings. The van der Waals surface area contributed by atoms with E-state index in [1.807, 2.05) is 36.4 Å². The number of carbonyl (C=O) groups excluding carboxylic acids is 1. The van der Waals surface area contributed by atoms with Crippen LogP contribution in [0.3, 0.4) is 0 Å². The van der Waals surface area contributed by atoms with Crippen LogP contribution in [0.15, 0.2) is 78.9 Å². The van der Waals surface area contributed by atoms with Gasteiger partial charge in [-0.15, -0.1) is 0 Å². The van der Waals surface area contributed by atoms with Gasteiger partial charge in [0.15, 0.2) is 18.1 Å². The van der Waals surface area contributed by atoms with Gasteiger partial charge in [-0.25, -0.2) is 4.79 Å². The van der Waals surface area contributed by atoms with Crippen LogP contribution in [0, 0.1) is 11.3 Å². The van der Waals surface area contributed by atoms with Crippen LogP contribution in [0.4, 0.5) is 0 Å². The molecule has 3 aromatic carbocycles. The summed E-state index contributed by atoms with van der Waals surface area (Å²) in [5.74, 6) is 0.885. The van der Waals surface area contributed by atoms with Gasteiger partial charge in [0.2, 0.25) is 0 Å². The van der Waals surface area contributed by atoms with E-state index in [0.29, 0.717) is 22.8 Å². The lowest BCUT2D eigenvalue weighted by Gasteiger charge is -2.10. The first-order valence-electron chi connectivity index (χ1n) is 8.93. The summed E-state index contributed by atoms with van der Waals surface area (Å²) in [4.78, 5) is 12.0. The molecule has 3 aromatic rings. The highest BCUT2D eigenvalue weighted by atomic mass is 16.6. The number of carbonyl (C=O) groups is 1.